The van der Waals surface area contributed by atoms with Gasteiger partial charge in [0.1, 0.15) is 10.8 Å². The number of rotatable bonds is 4. The van der Waals surface area contributed by atoms with Crippen molar-refractivity contribution in [3.63, 3.8) is 0 Å². The Balaban J connectivity index is 1.75. The molecule has 0 saturated heterocycles. The van der Waals surface area contributed by atoms with Gasteiger partial charge in [0, 0.05) is 30.1 Å². The Hall–Kier alpha value is -2.27. The van der Waals surface area contributed by atoms with Crippen LogP contribution in [0.1, 0.15) is 23.8 Å². The van der Waals surface area contributed by atoms with E-state index in [0.29, 0.717) is 22.3 Å². The van der Waals surface area contributed by atoms with Crippen LogP contribution in [-0.2, 0) is 6.54 Å². The number of hydrogen-bond donors (Lipinski definition) is 0. The molecule has 0 radical (unpaired) electrons. The lowest BCUT2D eigenvalue weighted by atomic mass is 10.1. The summed E-state index contributed by atoms with van der Waals surface area (Å²) in [4.78, 5) is 20.0. The highest BCUT2D eigenvalue weighted by molar-refractivity contribution is 6.29. The van der Waals surface area contributed by atoms with Gasteiger partial charge in [-0.2, -0.15) is 5.10 Å². The summed E-state index contributed by atoms with van der Waals surface area (Å²) in [5.74, 6) is 1.41. The smallest absolute Gasteiger partial charge is 0.170 e. The molecule has 0 N–H and O–H groups in total. The van der Waals surface area contributed by atoms with Gasteiger partial charge in [0.25, 0.3) is 0 Å². The number of aldehydes is 1. The van der Waals surface area contributed by atoms with Crippen molar-refractivity contribution in [2.45, 2.75) is 19.9 Å². The van der Waals surface area contributed by atoms with Crippen LogP contribution in [0.25, 0.3) is 22.2 Å². The minimum Gasteiger partial charge on any atom is -0.296 e. The SMILES string of the molecule is CC1C[C@@H]1Cn1cc(-c2cnc3ccc(Cl)nc3c2)c(C=O)n1. The fourth-order valence-corrected chi connectivity index (χ4v) is 3.02. The second-order valence-electron chi connectivity index (χ2n) is 6.14. The van der Waals surface area contributed by atoms with Crippen LogP contribution in [0.2, 0.25) is 5.15 Å². The molecule has 23 heavy (non-hydrogen) atoms. The lowest BCUT2D eigenvalue weighted by Crippen LogP contribution is -2.01. The molecule has 6 heteroatoms. The van der Waals surface area contributed by atoms with Crippen molar-refractivity contribution in [3.8, 4) is 11.1 Å². The summed E-state index contributed by atoms with van der Waals surface area (Å²) in [5, 5.41) is 4.81. The van der Waals surface area contributed by atoms with Crippen LogP contribution in [0.4, 0.5) is 0 Å². The topological polar surface area (TPSA) is 60.7 Å². The molecule has 0 spiro atoms. The molecule has 1 saturated carbocycles. The predicted octanol–water partition coefficient (Wildman–Crippen LogP) is 3.62. The van der Waals surface area contributed by atoms with Gasteiger partial charge in [-0.3, -0.25) is 14.5 Å². The third-order valence-corrected chi connectivity index (χ3v) is 4.62. The third-order valence-electron chi connectivity index (χ3n) is 4.41. The summed E-state index contributed by atoms with van der Waals surface area (Å²) in [6.07, 6.45) is 5.68. The first-order chi connectivity index (χ1) is 11.1. The summed E-state index contributed by atoms with van der Waals surface area (Å²) in [6, 6.07) is 5.43. The van der Waals surface area contributed by atoms with E-state index >= 15 is 0 Å². The van der Waals surface area contributed by atoms with Gasteiger partial charge in [-0.25, -0.2) is 4.98 Å². The van der Waals surface area contributed by atoms with Gasteiger partial charge >= 0.3 is 0 Å². The molecule has 3 heterocycles. The Morgan fingerprint density at radius 2 is 2.22 bits per heavy atom. The van der Waals surface area contributed by atoms with Crippen LogP contribution in [0.15, 0.2) is 30.6 Å². The Morgan fingerprint density at radius 1 is 1.39 bits per heavy atom. The van der Waals surface area contributed by atoms with Crippen LogP contribution in [0.5, 0.6) is 0 Å². The zero-order valence-electron chi connectivity index (χ0n) is 12.6. The van der Waals surface area contributed by atoms with Crippen molar-refractivity contribution in [3.05, 3.63) is 41.4 Å². The minimum atomic E-state index is 0.422. The molecule has 0 aliphatic heterocycles. The summed E-state index contributed by atoms with van der Waals surface area (Å²) in [5.41, 5.74) is 3.51. The highest BCUT2D eigenvalue weighted by Gasteiger charge is 2.33. The third kappa shape index (κ3) is 2.72. The second kappa shape index (κ2) is 5.42. The van der Waals surface area contributed by atoms with E-state index in [-0.39, 0.29) is 0 Å². The fraction of sp³-hybridized carbons (Fsp3) is 0.294. The summed E-state index contributed by atoms with van der Waals surface area (Å²) < 4.78 is 1.86. The van der Waals surface area contributed by atoms with Crippen LogP contribution in [-0.4, -0.2) is 26.0 Å². The predicted molar refractivity (Wildman–Crippen MR) is 88.4 cm³/mol. The van der Waals surface area contributed by atoms with Crippen molar-refractivity contribution in [2.75, 3.05) is 0 Å². The maximum absolute atomic E-state index is 11.4. The standard InChI is InChI=1S/C17H15ClN4O/c1-10-4-12(10)7-22-8-13(16(9-23)21-22)11-5-15-14(19-6-11)2-3-17(18)20-15/h2-3,5-6,8-10,12H,4,7H2,1H3/t10?,12-/m1/s1. The molecule has 2 atom stereocenters. The number of fused-ring (bicyclic) bond motifs is 1. The molecule has 0 bridgehead atoms. The van der Waals surface area contributed by atoms with E-state index in [2.05, 4.69) is 22.0 Å². The first-order valence-corrected chi connectivity index (χ1v) is 7.97. The highest BCUT2D eigenvalue weighted by atomic mass is 35.5. The maximum atomic E-state index is 11.4. The first-order valence-electron chi connectivity index (χ1n) is 7.59. The largest absolute Gasteiger partial charge is 0.296 e. The van der Waals surface area contributed by atoms with Gasteiger partial charge in [0.2, 0.25) is 0 Å². The van der Waals surface area contributed by atoms with Gasteiger partial charge in [-0.05, 0) is 36.5 Å². The number of nitrogens with zero attached hydrogens (tertiary/aromatic N) is 4. The van der Waals surface area contributed by atoms with E-state index in [1.807, 2.05) is 23.0 Å². The van der Waals surface area contributed by atoms with E-state index in [4.69, 9.17) is 11.6 Å². The zero-order valence-corrected chi connectivity index (χ0v) is 13.4. The average molecular weight is 327 g/mol. The zero-order chi connectivity index (χ0) is 16.0. The molecule has 0 amide bonds. The van der Waals surface area contributed by atoms with Gasteiger partial charge in [0.15, 0.2) is 6.29 Å². The average Bonchev–Trinajstić information content (AvgIpc) is 3.08. The fourth-order valence-electron chi connectivity index (χ4n) is 2.86. The Morgan fingerprint density at radius 3 is 2.96 bits per heavy atom. The molecule has 3 aromatic heterocycles. The second-order valence-corrected chi connectivity index (χ2v) is 6.52. The lowest BCUT2D eigenvalue weighted by Gasteiger charge is -2.01. The van der Waals surface area contributed by atoms with E-state index < -0.39 is 0 Å². The van der Waals surface area contributed by atoms with Crippen molar-refractivity contribution in [1.82, 2.24) is 19.7 Å². The van der Waals surface area contributed by atoms with Gasteiger partial charge in [0.05, 0.1) is 11.0 Å². The monoisotopic (exact) mass is 326 g/mol. The van der Waals surface area contributed by atoms with Gasteiger partial charge in [-0.1, -0.05) is 18.5 Å². The van der Waals surface area contributed by atoms with Crippen LogP contribution in [0.3, 0.4) is 0 Å². The minimum absolute atomic E-state index is 0.422. The summed E-state index contributed by atoms with van der Waals surface area (Å²) >= 11 is 5.95. The van der Waals surface area contributed by atoms with Crippen molar-refractivity contribution in [1.29, 1.82) is 0 Å². The molecule has 3 aromatic rings. The number of pyridine rings is 2. The first kappa shape index (κ1) is 14.3. The molecule has 116 valence electrons. The normalized spacial score (nSPS) is 19.9. The molecular weight excluding hydrogens is 312 g/mol. The van der Waals surface area contributed by atoms with E-state index in [0.717, 1.165) is 35.4 Å². The number of carbonyl (C=O) groups is 1. The molecule has 1 aliphatic rings. The summed E-state index contributed by atoms with van der Waals surface area (Å²) in [6.45, 7) is 3.09. The van der Waals surface area contributed by atoms with Crippen molar-refractivity contribution >= 4 is 28.9 Å². The number of hydrogen-bond acceptors (Lipinski definition) is 4. The molecule has 1 fully saturated rings. The van der Waals surface area contributed by atoms with Gasteiger partial charge < -0.3 is 0 Å². The Labute approximate surface area is 138 Å². The number of aromatic nitrogens is 4. The van der Waals surface area contributed by atoms with Crippen LogP contribution in [0, 0.1) is 11.8 Å². The molecule has 1 aliphatic carbocycles. The van der Waals surface area contributed by atoms with E-state index in [1.54, 1.807) is 12.3 Å². The van der Waals surface area contributed by atoms with Crippen molar-refractivity contribution in [2.24, 2.45) is 11.8 Å². The lowest BCUT2D eigenvalue weighted by molar-refractivity contribution is 0.111. The molecule has 0 aromatic carbocycles. The van der Waals surface area contributed by atoms with Crippen LogP contribution < -0.4 is 0 Å². The molecule has 4 rings (SSSR count). The van der Waals surface area contributed by atoms with Gasteiger partial charge in [-0.15, -0.1) is 0 Å². The Kier molecular flexibility index (Phi) is 3.38. The Bertz CT molecular complexity index is 905. The van der Waals surface area contributed by atoms with E-state index in [9.17, 15) is 4.79 Å². The summed E-state index contributed by atoms with van der Waals surface area (Å²) in [7, 11) is 0. The quantitative estimate of drug-likeness (QED) is 0.542. The molecule has 1 unspecified atom stereocenters. The van der Waals surface area contributed by atoms with E-state index in [1.165, 1.54) is 6.42 Å². The van der Waals surface area contributed by atoms with Crippen LogP contribution >= 0.6 is 11.6 Å². The molecule has 5 nitrogen and oxygen atoms in total. The maximum Gasteiger partial charge on any atom is 0.170 e. The highest BCUT2D eigenvalue weighted by Crippen LogP contribution is 2.39. The number of carbonyl (C=O) groups excluding carboxylic acids is 1. The van der Waals surface area contributed by atoms with Crippen molar-refractivity contribution < 1.29 is 4.79 Å². The molecular formula is C17H15ClN4O. The number of halogens is 1.